The fraction of sp³-hybridized carbons (Fsp3) is 0.350. The number of carbonyl (C=O) groups is 2. The van der Waals surface area contributed by atoms with Gasteiger partial charge in [-0.25, -0.2) is 0 Å². The molecule has 0 saturated carbocycles. The van der Waals surface area contributed by atoms with E-state index in [0.29, 0.717) is 6.54 Å². The Morgan fingerprint density at radius 3 is 2.42 bits per heavy atom. The molecule has 2 amide bonds. The molecule has 2 heterocycles. The number of carbonyl (C=O) groups excluding carboxylic acids is 2. The molecule has 1 saturated heterocycles. The van der Waals surface area contributed by atoms with Crippen LogP contribution in [0.4, 0.5) is 0 Å². The highest BCUT2D eigenvalue weighted by Gasteiger charge is 2.21. The molecular weight excluding hydrogens is 330 g/mol. The summed E-state index contributed by atoms with van der Waals surface area (Å²) in [6.45, 7) is 3.70. The number of nitrogens with one attached hydrogen (secondary N) is 1. The summed E-state index contributed by atoms with van der Waals surface area (Å²) in [6, 6.07) is 12.3. The number of amides is 2. The zero-order valence-electron chi connectivity index (χ0n) is 14.9. The third-order valence-electron chi connectivity index (χ3n) is 4.61. The minimum absolute atomic E-state index is 0.104. The molecule has 136 valence electrons. The van der Waals surface area contributed by atoms with Crippen molar-refractivity contribution >= 4 is 11.8 Å². The lowest BCUT2D eigenvalue weighted by molar-refractivity contribution is -0.130. The Balaban J connectivity index is 1.73. The van der Waals surface area contributed by atoms with Crippen LogP contribution >= 0.6 is 0 Å². The van der Waals surface area contributed by atoms with Gasteiger partial charge in [-0.3, -0.25) is 19.0 Å². The Bertz CT molecular complexity index is 849. The second kappa shape index (κ2) is 7.99. The molecule has 6 nitrogen and oxygen atoms in total. The molecule has 2 aromatic rings. The van der Waals surface area contributed by atoms with Crippen LogP contribution in [-0.4, -0.2) is 34.4 Å². The lowest BCUT2D eigenvalue weighted by atomic mass is 10.1. The van der Waals surface area contributed by atoms with E-state index in [9.17, 15) is 14.4 Å². The van der Waals surface area contributed by atoms with E-state index in [-0.39, 0.29) is 29.6 Å². The van der Waals surface area contributed by atoms with Gasteiger partial charge in [-0.15, -0.1) is 0 Å². The number of aromatic nitrogens is 1. The van der Waals surface area contributed by atoms with Crippen LogP contribution < -0.4 is 10.9 Å². The van der Waals surface area contributed by atoms with Gasteiger partial charge in [-0.05, 0) is 31.4 Å². The van der Waals surface area contributed by atoms with Crippen LogP contribution in [0.1, 0.15) is 34.5 Å². The van der Waals surface area contributed by atoms with Gasteiger partial charge in [0.05, 0.1) is 0 Å². The number of nitrogens with zero attached hydrogens (tertiary/aromatic N) is 2. The minimum atomic E-state index is -0.363. The van der Waals surface area contributed by atoms with Gasteiger partial charge in [0.1, 0.15) is 12.2 Å². The van der Waals surface area contributed by atoms with E-state index in [2.05, 4.69) is 5.32 Å². The predicted molar refractivity (Wildman–Crippen MR) is 98.9 cm³/mol. The van der Waals surface area contributed by atoms with Gasteiger partial charge >= 0.3 is 0 Å². The monoisotopic (exact) mass is 353 g/mol. The highest BCUT2D eigenvalue weighted by molar-refractivity contribution is 5.93. The van der Waals surface area contributed by atoms with Crippen molar-refractivity contribution in [3.8, 4) is 0 Å². The number of rotatable bonds is 5. The zero-order chi connectivity index (χ0) is 18.5. The smallest absolute Gasteiger partial charge is 0.268 e. The molecule has 0 atom stereocenters. The van der Waals surface area contributed by atoms with Gasteiger partial charge < -0.3 is 10.2 Å². The standard InChI is InChI=1S/C20H23N3O3/c1-15-7-9-16(10-8-15)13-21-20(26)17-5-4-6-18(24)23(17)14-19(25)22-11-2-3-12-22/h4-10H,2-3,11-14H2,1H3,(H,21,26). The summed E-state index contributed by atoms with van der Waals surface area (Å²) < 4.78 is 1.26. The Morgan fingerprint density at radius 2 is 1.73 bits per heavy atom. The van der Waals surface area contributed by atoms with E-state index < -0.39 is 0 Å². The summed E-state index contributed by atoms with van der Waals surface area (Å²) >= 11 is 0. The van der Waals surface area contributed by atoms with E-state index in [1.54, 1.807) is 17.0 Å². The number of benzene rings is 1. The van der Waals surface area contributed by atoms with Crippen molar-refractivity contribution in [2.24, 2.45) is 0 Å². The van der Waals surface area contributed by atoms with Crippen molar-refractivity contribution in [2.75, 3.05) is 13.1 Å². The summed E-state index contributed by atoms with van der Waals surface area (Å²) in [4.78, 5) is 38.9. The molecule has 1 fully saturated rings. The fourth-order valence-electron chi connectivity index (χ4n) is 3.06. The maximum atomic E-state index is 12.6. The predicted octanol–water partition coefficient (Wildman–Crippen LogP) is 1.71. The van der Waals surface area contributed by atoms with E-state index in [1.165, 1.54) is 10.6 Å². The summed E-state index contributed by atoms with van der Waals surface area (Å²) in [5.41, 5.74) is 1.98. The maximum Gasteiger partial charge on any atom is 0.268 e. The molecular formula is C20H23N3O3. The molecule has 0 radical (unpaired) electrons. The Morgan fingerprint density at radius 1 is 1.04 bits per heavy atom. The average Bonchev–Trinajstić information content (AvgIpc) is 3.17. The highest BCUT2D eigenvalue weighted by atomic mass is 16.2. The molecule has 0 spiro atoms. The van der Waals surface area contributed by atoms with Gasteiger partial charge in [0.2, 0.25) is 5.91 Å². The summed E-state index contributed by atoms with van der Waals surface area (Å²) in [6.07, 6.45) is 1.97. The molecule has 3 rings (SSSR count). The van der Waals surface area contributed by atoms with Crippen LogP contribution in [0.3, 0.4) is 0 Å². The third kappa shape index (κ3) is 4.20. The minimum Gasteiger partial charge on any atom is -0.347 e. The Hall–Kier alpha value is -2.89. The number of pyridine rings is 1. The molecule has 1 aliphatic heterocycles. The Kier molecular flexibility index (Phi) is 5.51. The molecule has 1 aromatic carbocycles. The van der Waals surface area contributed by atoms with Crippen molar-refractivity contribution in [3.63, 3.8) is 0 Å². The third-order valence-corrected chi connectivity index (χ3v) is 4.61. The van der Waals surface area contributed by atoms with Gasteiger partial charge in [-0.2, -0.15) is 0 Å². The van der Waals surface area contributed by atoms with Crippen LogP contribution in [0.5, 0.6) is 0 Å². The number of hydrogen-bond donors (Lipinski definition) is 1. The van der Waals surface area contributed by atoms with Crippen molar-refractivity contribution in [1.82, 2.24) is 14.8 Å². The van der Waals surface area contributed by atoms with Gasteiger partial charge in [0.15, 0.2) is 0 Å². The first-order chi connectivity index (χ1) is 12.5. The lowest BCUT2D eigenvalue weighted by Gasteiger charge is -2.18. The van der Waals surface area contributed by atoms with Crippen molar-refractivity contribution in [1.29, 1.82) is 0 Å². The number of likely N-dealkylation sites (tertiary alicyclic amines) is 1. The van der Waals surface area contributed by atoms with Gasteiger partial charge in [0, 0.05) is 25.7 Å². The molecule has 1 aromatic heterocycles. The van der Waals surface area contributed by atoms with Crippen LogP contribution in [0, 0.1) is 6.92 Å². The second-order valence-electron chi connectivity index (χ2n) is 6.59. The highest BCUT2D eigenvalue weighted by Crippen LogP contribution is 2.09. The largest absolute Gasteiger partial charge is 0.347 e. The molecule has 0 bridgehead atoms. The molecule has 26 heavy (non-hydrogen) atoms. The van der Waals surface area contributed by atoms with Gasteiger partial charge in [0.25, 0.3) is 11.5 Å². The normalized spacial score (nSPS) is 13.7. The fourth-order valence-corrected chi connectivity index (χ4v) is 3.06. The summed E-state index contributed by atoms with van der Waals surface area (Å²) in [7, 11) is 0. The summed E-state index contributed by atoms with van der Waals surface area (Å²) in [5.74, 6) is -0.485. The lowest BCUT2D eigenvalue weighted by Crippen LogP contribution is -2.38. The average molecular weight is 353 g/mol. The Labute approximate surface area is 152 Å². The molecule has 0 unspecified atom stereocenters. The first-order valence-corrected chi connectivity index (χ1v) is 8.86. The van der Waals surface area contributed by atoms with Crippen LogP contribution in [-0.2, 0) is 17.9 Å². The zero-order valence-corrected chi connectivity index (χ0v) is 14.9. The first kappa shape index (κ1) is 17.9. The first-order valence-electron chi connectivity index (χ1n) is 8.86. The quantitative estimate of drug-likeness (QED) is 0.889. The van der Waals surface area contributed by atoms with Gasteiger partial charge in [-0.1, -0.05) is 35.9 Å². The van der Waals surface area contributed by atoms with Crippen LogP contribution in [0.25, 0.3) is 0 Å². The van der Waals surface area contributed by atoms with E-state index in [1.807, 2.05) is 31.2 Å². The molecule has 0 aliphatic carbocycles. The topological polar surface area (TPSA) is 71.4 Å². The number of hydrogen-bond acceptors (Lipinski definition) is 3. The van der Waals surface area contributed by atoms with Crippen molar-refractivity contribution in [3.05, 3.63) is 69.6 Å². The van der Waals surface area contributed by atoms with Crippen molar-refractivity contribution < 1.29 is 9.59 Å². The molecule has 6 heteroatoms. The maximum absolute atomic E-state index is 12.6. The molecule has 1 aliphatic rings. The summed E-state index contributed by atoms with van der Waals surface area (Å²) in [5, 5.41) is 2.82. The van der Waals surface area contributed by atoms with E-state index in [4.69, 9.17) is 0 Å². The van der Waals surface area contributed by atoms with Crippen LogP contribution in [0.2, 0.25) is 0 Å². The second-order valence-corrected chi connectivity index (χ2v) is 6.59. The molecule has 1 N–H and O–H groups in total. The van der Waals surface area contributed by atoms with Crippen molar-refractivity contribution in [2.45, 2.75) is 32.9 Å². The van der Waals surface area contributed by atoms with E-state index in [0.717, 1.165) is 37.1 Å². The SMILES string of the molecule is Cc1ccc(CNC(=O)c2cccc(=O)n2CC(=O)N2CCCC2)cc1. The van der Waals surface area contributed by atoms with E-state index >= 15 is 0 Å². The number of aryl methyl sites for hydroxylation is 1. The van der Waals surface area contributed by atoms with Crippen LogP contribution in [0.15, 0.2) is 47.3 Å².